The van der Waals surface area contributed by atoms with E-state index in [0.717, 1.165) is 6.42 Å². The number of likely N-dealkylation sites (N-methyl/N-ethyl adjacent to an activating group) is 1. The normalized spacial score (nSPS) is 23.9. The van der Waals surface area contributed by atoms with Crippen LogP contribution in [0.1, 0.15) is 17.0 Å². The predicted octanol–water partition coefficient (Wildman–Crippen LogP) is 1.35. The summed E-state index contributed by atoms with van der Waals surface area (Å²) in [6, 6.07) is 6.91. The molecule has 16 heavy (non-hydrogen) atoms. The Morgan fingerprint density at radius 3 is 3.12 bits per heavy atom. The van der Waals surface area contributed by atoms with Crippen molar-refractivity contribution >= 4 is 10.9 Å². The van der Waals surface area contributed by atoms with Gasteiger partial charge < -0.3 is 16.0 Å². The molecule has 0 amide bonds. The standard InChI is InChI=1S/C13H17N3/c1-15-12-5-8-7-16-11-4-2-3-9(13(8)11)10(12)6-14/h2-4,7,10,12,15-16H,5-6,14H2,1H3/t10-,12-/m1/s1. The van der Waals surface area contributed by atoms with E-state index in [1.807, 2.05) is 7.05 Å². The van der Waals surface area contributed by atoms with E-state index in [-0.39, 0.29) is 0 Å². The highest BCUT2D eigenvalue weighted by atomic mass is 14.9. The average Bonchev–Trinajstić information content (AvgIpc) is 2.74. The molecule has 3 nitrogen and oxygen atoms in total. The van der Waals surface area contributed by atoms with Gasteiger partial charge in [0.2, 0.25) is 0 Å². The van der Waals surface area contributed by atoms with Gasteiger partial charge in [0.15, 0.2) is 0 Å². The molecule has 3 rings (SSSR count). The largest absolute Gasteiger partial charge is 0.361 e. The van der Waals surface area contributed by atoms with Gasteiger partial charge in [-0.2, -0.15) is 0 Å². The second-order valence-electron chi connectivity index (χ2n) is 4.53. The van der Waals surface area contributed by atoms with Crippen molar-refractivity contribution in [1.29, 1.82) is 0 Å². The Hall–Kier alpha value is -1.32. The number of aromatic nitrogens is 1. The van der Waals surface area contributed by atoms with Crippen LogP contribution in [-0.2, 0) is 6.42 Å². The first kappa shape index (κ1) is 9.87. The minimum absolute atomic E-state index is 0.428. The van der Waals surface area contributed by atoms with Crippen molar-refractivity contribution in [3.05, 3.63) is 35.5 Å². The Balaban J connectivity index is 2.24. The summed E-state index contributed by atoms with van der Waals surface area (Å²) in [5.41, 5.74) is 9.96. The molecule has 0 saturated carbocycles. The maximum atomic E-state index is 5.92. The van der Waals surface area contributed by atoms with Gasteiger partial charge in [0, 0.05) is 35.6 Å². The van der Waals surface area contributed by atoms with Crippen LogP contribution in [0.3, 0.4) is 0 Å². The van der Waals surface area contributed by atoms with Crippen LogP contribution in [0.25, 0.3) is 10.9 Å². The lowest BCUT2D eigenvalue weighted by Crippen LogP contribution is -2.39. The number of rotatable bonds is 2. The lowest BCUT2D eigenvalue weighted by Gasteiger charge is -2.31. The van der Waals surface area contributed by atoms with Crippen LogP contribution in [0.15, 0.2) is 24.4 Å². The lowest BCUT2D eigenvalue weighted by atomic mass is 9.80. The summed E-state index contributed by atoms with van der Waals surface area (Å²) in [7, 11) is 2.02. The Labute approximate surface area is 95.0 Å². The van der Waals surface area contributed by atoms with Crippen molar-refractivity contribution < 1.29 is 0 Å². The van der Waals surface area contributed by atoms with Gasteiger partial charge in [-0.15, -0.1) is 0 Å². The molecule has 2 atom stereocenters. The molecule has 4 N–H and O–H groups in total. The van der Waals surface area contributed by atoms with Gasteiger partial charge in [-0.3, -0.25) is 0 Å². The Morgan fingerprint density at radius 1 is 1.50 bits per heavy atom. The highest BCUT2D eigenvalue weighted by Crippen LogP contribution is 2.36. The van der Waals surface area contributed by atoms with Crippen molar-refractivity contribution in [3.8, 4) is 0 Å². The number of hydrogen-bond donors (Lipinski definition) is 3. The number of benzene rings is 1. The zero-order valence-corrected chi connectivity index (χ0v) is 9.46. The van der Waals surface area contributed by atoms with E-state index >= 15 is 0 Å². The van der Waals surface area contributed by atoms with Gasteiger partial charge in [0.25, 0.3) is 0 Å². The fraction of sp³-hybridized carbons (Fsp3) is 0.385. The average molecular weight is 215 g/mol. The maximum Gasteiger partial charge on any atom is 0.0459 e. The van der Waals surface area contributed by atoms with Crippen LogP contribution < -0.4 is 11.1 Å². The van der Waals surface area contributed by atoms with Gasteiger partial charge in [0.05, 0.1) is 0 Å². The van der Waals surface area contributed by atoms with Crippen molar-refractivity contribution in [2.45, 2.75) is 18.4 Å². The van der Waals surface area contributed by atoms with Crippen molar-refractivity contribution in [3.63, 3.8) is 0 Å². The van der Waals surface area contributed by atoms with Crippen LogP contribution in [-0.4, -0.2) is 24.6 Å². The molecule has 0 fully saturated rings. The number of nitrogens with two attached hydrogens (primary N) is 1. The number of H-pyrrole nitrogens is 1. The van der Waals surface area contributed by atoms with Crippen molar-refractivity contribution in [2.75, 3.05) is 13.6 Å². The van der Waals surface area contributed by atoms with Crippen molar-refractivity contribution in [2.24, 2.45) is 5.73 Å². The predicted molar refractivity (Wildman–Crippen MR) is 66.6 cm³/mol. The number of aromatic amines is 1. The Morgan fingerprint density at radius 2 is 2.38 bits per heavy atom. The van der Waals surface area contributed by atoms with Crippen molar-refractivity contribution in [1.82, 2.24) is 10.3 Å². The summed E-state index contributed by atoms with van der Waals surface area (Å²) in [5, 5.41) is 4.78. The summed E-state index contributed by atoms with van der Waals surface area (Å²) >= 11 is 0. The first-order valence-corrected chi connectivity index (χ1v) is 5.81. The summed E-state index contributed by atoms with van der Waals surface area (Å²) in [6.07, 6.45) is 3.20. The fourth-order valence-corrected chi connectivity index (χ4v) is 2.95. The lowest BCUT2D eigenvalue weighted by molar-refractivity contribution is 0.459. The molecule has 2 aromatic rings. The first-order chi connectivity index (χ1) is 7.85. The molecule has 0 spiro atoms. The van der Waals surface area contributed by atoms with Crippen LogP contribution in [0.5, 0.6) is 0 Å². The summed E-state index contributed by atoms with van der Waals surface area (Å²) in [4.78, 5) is 3.34. The van der Waals surface area contributed by atoms with E-state index in [0.29, 0.717) is 18.5 Å². The van der Waals surface area contributed by atoms with E-state index in [1.165, 1.54) is 22.0 Å². The highest BCUT2D eigenvalue weighted by Gasteiger charge is 2.29. The Bertz CT molecular complexity index is 515. The number of hydrogen-bond acceptors (Lipinski definition) is 2. The van der Waals surface area contributed by atoms with Gasteiger partial charge >= 0.3 is 0 Å². The third-order valence-corrected chi connectivity index (χ3v) is 3.77. The summed E-state index contributed by atoms with van der Waals surface area (Å²) < 4.78 is 0. The quantitative estimate of drug-likeness (QED) is 0.708. The minimum Gasteiger partial charge on any atom is -0.361 e. The molecular weight excluding hydrogens is 198 g/mol. The van der Waals surface area contributed by atoms with E-state index in [1.54, 1.807) is 0 Å². The van der Waals surface area contributed by atoms with Gasteiger partial charge in [0.1, 0.15) is 0 Å². The van der Waals surface area contributed by atoms with Gasteiger partial charge in [-0.25, -0.2) is 0 Å². The molecule has 1 aliphatic rings. The van der Waals surface area contributed by atoms with Crippen LogP contribution >= 0.6 is 0 Å². The first-order valence-electron chi connectivity index (χ1n) is 5.81. The van der Waals surface area contributed by atoms with E-state index in [2.05, 4.69) is 34.7 Å². The SMILES string of the molecule is CN[C@@H]1Cc2c[nH]c3cccc(c23)[C@H]1CN. The third kappa shape index (κ3) is 1.22. The Kier molecular flexibility index (Phi) is 2.23. The van der Waals surface area contributed by atoms with Crippen LogP contribution in [0.4, 0.5) is 0 Å². The topological polar surface area (TPSA) is 53.8 Å². The molecular formula is C13H17N3. The number of nitrogens with one attached hydrogen (secondary N) is 2. The van der Waals surface area contributed by atoms with Crippen LogP contribution in [0.2, 0.25) is 0 Å². The van der Waals surface area contributed by atoms with E-state index < -0.39 is 0 Å². The second-order valence-corrected chi connectivity index (χ2v) is 4.53. The van der Waals surface area contributed by atoms with E-state index in [4.69, 9.17) is 5.73 Å². The summed E-state index contributed by atoms with van der Waals surface area (Å²) in [5.74, 6) is 0.428. The summed E-state index contributed by atoms with van der Waals surface area (Å²) in [6.45, 7) is 0.704. The maximum absolute atomic E-state index is 5.92. The molecule has 0 bridgehead atoms. The second kappa shape index (κ2) is 3.61. The van der Waals surface area contributed by atoms with E-state index in [9.17, 15) is 0 Å². The molecule has 1 aliphatic carbocycles. The highest BCUT2D eigenvalue weighted by molar-refractivity contribution is 5.88. The molecule has 1 aromatic carbocycles. The zero-order valence-electron chi connectivity index (χ0n) is 9.46. The molecule has 0 saturated heterocycles. The monoisotopic (exact) mass is 215 g/mol. The fourth-order valence-electron chi connectivity index (χ4n) is 2.95. The third-order valence-electron chi connectivity index (χ3n) is 3.77. The molecule has 1 heterocycles. The molecule has 0 aliphatic heterocycles. The molecule has 3 heteroatoms. The van der Waals surface area contributed by atoms with Gasteiger partial charge in [-0.1, -0.05) is 12.1 Å². The molecule has 84 valence electrons. The minimum atomic E-state index is 0.428. The smallest absolute Gasteiger partial charge is 0.0459 e. The molecule has 0 radical (unpaired) electrons. The van der Waals surface area contributed by atoms with Gasteiger partial charge in [-0.05, 0) is 30.7 Å². The zero-order chi connectivity index (χ0) is 11.1. The molecule has 0 unspecified atom stereocenters. The van der Waals surface area contributed by atoms with Crippen LogP contribution in [0, 0.1) is 0 Å². The molecule has 1 aromatic heterocycles.